The zero-order valence-corrected chi connectivity index (χ0v) is 17.7. The van der Waals surface area contributed by atoms with Crippen LogP contribution in [0.2, 0.25) is 0 Å². The molecular formula is C24H29N3O3. The summed E-state index contributed by atoms with van der Waals surface area (Å²) in [4.78, 5) is 19.4. The number of benzene rings is 2. The Hall–Kier alpha value is -3.02. The topological polar surface area (TPSA) is 56.6 Å². The Balaban J connectivity index is 1.51. The molecule has 0 spiro atoms. The average molecular weight is 408 g/mol. The summed E-state index contributed by atoms with van der Waals surface area (Å²) in [5.41, 5.74) is 2.10. The summed E-state index contributed by atoms with van der Waals surface area (Å²) in [7, 11) is 1.65. The second-order valence-corrected chi connectivity index (χ2v) is 7.59. The molecule has 1 aromatic heterocycles. The van der Waals surface area contributed by atoms with E-state index in [1.54, 1.807) is 7.11 Å². The van der Waals surface area contributed by atoms with E-state index < -0.39 is 0 Å². The van der Waals surface area contributed by atoms with Gasteiger partial charge in [-0.3, -0.25) is 4.79 Å². The number of ether oxygens (including phenoxy) is 2. The summed E-state index contributed by atoms with van der Waals surface area (Å²) in [5.74, 6) is 2.80. The Morgan fingerprint density at radius 1 is 1.17 bits per heavy atom. The van der Waals surface area contributed by atoms with E-state index in [4.69, 9.17) is 14.5 Å². The van der Waals surface area contributed by atoms with Gasteiger partial charge < -0.3 is 18.9 Å². The fraction of sp³-hybridized carbons (Fsp3) is 0.417. The van der Waals surface area contributed by atoms with Gasteiger partial charge in [0.2, 0.25) is 5.91 Å². The van der Waals surface area contributed by atoms with Gasteiger partial charge in [0.25, 0.3) is 0 Å². The molecule has 3 aromatic rings. The molecule has 1 saturated heterocycles. The van der Waals surface area contributed by atoms with E-state index >= 15 is 0 Å². The second-order valence-electron chi connectivity index (χ2n) is 7.59. The lowest BCUT2D eigenvalue weighted by molar-refractivity contribution is -0.131. The number of nitrogens with zero attached hydrogens (tertiary/aromatic N) is 3. The van der Waals surface area contributed by atoms with Crippen molar-refractivity contribution in [3.05, 3.63) is 54.4 Å². The molecule has 158 valence electrons. The van der Waals surface area contributed by atoms with E-state index in [1.165, 1.54) is 0 Å². The molecule has 1 aliphatic heterocycles. The molecule has 4 rings (SSSR count). The Labute approximate surface area is 177 Å². The number of methoxy groups -OCH3 is 1. The van der Waals surface area contributed by atoms with Gasteiger partial charge in [-0.15, -0.1) is 0 Å². The van der Waals surface area contributed by atoms with Crippen LogP contribution in [0.15, 0.2) is 48.5 Å². The molecular weight excluding hydrogens is 378 g/mol. The van der Waals surface area contributed by atoms with E-state index in [-0.39, 0.29) is 11.9 Å². The number of aryl methyl sites for hydroxylation is 1. The Morgan fingerprint density at radius 2 is 2.00 bits per heavy atom. The maximum Gasteiger partial charge on any atom is 0.222 e. The molecule has 1 fully saturated rings. The minimum atomic E-state index is 0.0594. The van der Waals surface area contributed by atoms with Gasteiger partial charge in [0, 0.05) is 25.6 Å². The van der Waals surface area contributed by atoms with E-state index in [9.17, 15) is 4.79 Å². The van der Waals surface area contributed by atoms with Crippen molar-refractivity contribution in [1.29, 1.82) is 0 Å². The van der Waals surface area contributed by atoms with Gasteiger partial charge in [-0.1, -0.05) is 25.1 Å². The van der Waals surface area contributed by atoms with Gasteiger partial charge in [-0.2, -0.15) is 0 Å². The summed E-state index contributed by atoms with van der Waals surface area (Å²) >= 11 is 0. The number of carbonyl (C=O) groups is 1. The predicted molar refractivity (Wildman–Crippen MR) is 117 cm³/mol. The third kappa shape index (κ3) is 4.13. The third-order valence-corrected chi connectivity index (χ3v) is 5.69. The highest BCUT2D eigenvalue weighted by Crippen LogP contribution is 2.34. The molecule has 1 aliphatic rings. The Bertz CT molecular complexity index is 1010. The molecule has 2 heterocycles. The lowest BCUT2D eigenvalue weighted by Crippen LogP contribution is -2.31. The molecule has 0 saturated carbocycles. The monoisotopic (exact) mass is 407 g/mol. The van der Waals surface area contributed by atoms with Crippen LogP contribution in [0.1, 0.15) is 44.5 Å². The number of hydrogen-bond acceptors (Lipinski definition) is 4. The average Bonchev–Trinajstić information content (AvgIpc) is 3.41. The number of hydrogen-bond donors (Lipinski definition) is 0. The Kier molecular flexibility index (Phi) is 6.21. The molecule has 1 atom stereocenters. The number of para-hydroxylation sites is 2. The highest BCUT2D eigenvalue weighted by molar-refractivity contribution is 5.78. The molecule has 6 nitrogen and oxygen atoms in total. The quantitative estimate of drug-likeness (QED) is 0.513. The number of carbonyl (C=O) groups excluding carboxylic acids is 1. The minimum Gasteiger partial charge on any atom is -0.497 e. The van der Waals surface area contributed by atoms with Crippen LogP contribution in [0.3, 0.4) is 0 Å². The van der Waals surface area contributed by atoms with Crippen molar-refractivity contribution in [1.82, 2.24) is 14.5 Å². The van der Waals surface area contributed by atoms with Gasteiger partial charge in [0.05, 0.1) is 30.8 Å². The summed E-state index contributed by atoms with van der Waals surface area (Å²) in [5, 5.41) is 0. The number of amides is 1. The highest BCUT2D eigenvalue weighted by atomic mass is 16.5. The molecule has 30 heavy (non-hydrogen) atoms. The van der Waals surface area contributed by atoms with Crippen molar-refractivity contribution in [3.63, 3.8) is 0 Å². The number of likely N-dealkylation sites (tertiary alicyclic amines) is 1. The van der Waals surface area contributed by atoms with Gasteiger partial charge in [-0.25, -0.2) is 4.98 Å². The number of rotatable bonds is 8. The summed E-state index contributed by atoms with van der Waals surface area (Å²) in [6.45, 7) is 4.14. The number of imidazole rings is 1. The molecule has 2 aromatic carbocycles. The summed E-state index contributed by atoms with van der Waals surface area (Å²) in [6, 6.07) is 15.9. The van der Waals surface area contributed by atoms with Crippen LogP contribution in [-0.2, 0) is 11.3 Å². The molecule has 1 amide bonds. The van der Waals surface area contributed by atoms with E-state index in [1.807, 2.05) is 54.3 Å². The van der Waals surface area contributed by atoms with Gasteiger partial charge in [0.15, 0.2) is 0 Å². The minimum absolute atomic E-state index is 0.0594. The fourth-order valence-corrected chi connectivity index (χ4v) is 4.22. The first-order valence-electron chi connectivity index (χ1n) is 10.7. The smallest absolute Gasteiger partial charge is 0.222 e. The first kappa shape index (κ1) is 20.3. The van der Waals surface area contributed by atoms with Crippen LogP contribution in [0, 0.1) is 0 Å². The summed E-state index contributed by atoms with van der Waals surface area (Å²) in [6.07, 6.45) is 3.37. The van der Waals surface area contributed by atoms with Crippen molar-refractivity contribution in [2.45, 2.75) is 45.2 Å². The van der Waals surface area contributed by atoms with Crippen molar-refractivity contribution in [2.24, 2.45) is 0 Å². The zero-order valence-electron chi connectivity index (χ0n) is 17.7. The van der Waals surface area contributed by atoms with Crippen LogP contribution in [0.4, 0.5) is 0 Å². The molecule has 0 bridgehead atoms. The fourth-order valence-electron chi connectivity index (χ4n) is 4.22. The molecule has 0 N–H and O–H groups in total. The van der Waals surface area contributed by atoms with Crippen molar-refractivity contribution >= 4 is 16.9 Å². The van der Waals surface area contributed by atoms with Crippen molar-refractivity contribution < 1.29 is 14.3 Å². The largest absolute Gasteiger partial charge is 0.497 e. The van der Waals surface area contributed by atoms with Gasteiger partial charge in [-0.05, 0) is 43.5 Å². The SMILES string of the molecule is CCC(=O)N1CCC[C@@H]1c1nc2ccccc2n1CCCOc1cccc(OC)c1. The standard InChI is InChI=1S/C24H29N3O3/c1-3-23(28)26-14-7-13-22(26)24-25-20-11-4-5-12-21(20)27(24)15-8-16-30-19-10-6-9-18(17-19)29-2/h4-6,9-12,17,22H,3,7-8,13-16H2,1-2H3/t22-/m1/s1. The molecule has 0 aliphatic carbocycles. The van der Waals surface area contributed by atoms with Crippen LogP contribution in [0.25, 0.3) is 11.0 Å². The van der Waals surface area contributed by atoms with Gasteiger partial charge in [0.1, 0.15) is 17.3 Å². The zero-order chi connectivity index (χ0) is 20.9. The molecule has 0 radical (unpaired) electrons. The van der Waals surface area contributed by atoms with E-state index in [2.05, 4.69) is 10.6 Å². The van der Waals surface area contributed by atoms with Crippen LogP contribution >= 0.6 is 0 Å². The number of aromatic nitrogens is 2. The van der Waals surface area contributed by atoms with Crippen LogP contribution < -0.4 is 9.47 Å². The first-order valence-corrected chi connectivity index (χ1v) is 10.7. The lowest BCUT2D eigenvalue weighted by Gasteiger charge is -2.25. The van der Waals surface area contributed by atoms with Crippen LogP contribution in [-0.4, -0.2) is 40.6 Å². The van der Waals surface area contributed by atoms with E-state index in [0.29, 0.717) is 13.0 Å². The lowest BCUT2D eigenvalue weighted by atomic mass is 10.2. The normalized spacial score (nSPS) is 16.2. The van der Waals surface area contributed by atoms with Gasteiger partial charge >= 0.3 is 0 Å². The third-order valence-electron chi connectivity index (χ3n) is 5.69. The Morgan fingerprint density at radius 3 is 2.83 bits per heavy atom. The first-order chi connectivity index (χ1) is 14.7. The van der Waals surface area contributed by atoms with Crippen LogP contribution in [0.5, 0.6) is 11.5 Å². The van der Waals surface area contributed by atoms with Crippen molar-refractivity contribution in [3.8, 4) is 11.5 Å². The predicted octanol–water partition coefficient (Wildman–Crippen LogP) is 4.59. The van der Waals surface area contributed by atoms with E-state index in [0.717, 1.165) is 60.7 Å². The van der Waals surface area contributed by atoms with Crippen molar-refractivity contribution in [2.75, 3.05) is 20.3 Å². The maximum atomic E-state index is 12.5. The number of fused-ring (bicyclic) bond motifs is 1. The molecule has 6 heteroatoms. The second kappa shape index (κ2) is 9.20. The molecule has 0 unspecified atom stereocenters. The maximum absolute atomic E-state index is 12.5. The highest BCUT2D eigenvalue weighted by Gasteiger charge is 2.32. The summed E-state index contributed by atoms with van der Waals surface area (Å²) < 4.78 is 13.5.